The van der Waals surface area contributed by atoms with Gasteiger partial charge in [0.15, 0.2) is 23.3 Å². The van der Waals surface area contributed by atoms with E-state index < -0.39 is 83.2 Å². The number of aromatic nitrogens is 3. The Morgan fingerprint density at radius 3 is 2.43 bits per heavy atom. The maximum atomic E-state index is 16.9. The van der Waals surface area contributed by atoms with Crippen molar-refractivity contribution >= 4 is 29.0 Å². The summed E-state index contributed by atoms with van der Waals surface area (Å²) in [6, 6.07) is 1.99. The van der Waals surface area contributed by atoms with E-state index in [1.165, 1.54) is 21.0 Å². The lowest BCUT2D eigenvalue weighted by Gasteiger charge is -2.48. The standard InChI is InChI=1S/C41H66FN7O9/c1-13-48(19-15-18-47-22-45-28-16-14-17-44-35(28)47)49-32-25(4)30(43)23(2)21-39(7,54-12)34(57-36-31(50)29(46(10)11)20-24(3)55-36)26(5)33(51)40(8,42)37(52)56-27(6)41(32,9)58-38(49)53/h14,16-17,22-27,29-32,34,36,50H,13,15,18-21,43H2,1-12H3/t23-,24-,25-,26+,27+,29+,30?,31-,32-,34-,36+,39+,40?,41-/m1/s1. The lowest BCUT2D eigenvalue weighted by atomic mass is 9.72. The van der Waals surface area contributed by atoms with Crippen molar-refractivity contribution in [2.75, 3.05) is 34.3 Å². The molecule has 2 aromatic heterocycles. The van der Waals surface area contributed by atoms with Crippen LogP contribution >= 0.6 is 0 Å². The fourth-order valence-electron chi connectivity index (χ4n) is 9.38. The molecule has 3 fully saturated rings. The van der Waals surface area contributed by atoms with Crippen LogP contribution in [0.5, 0.6) is 0 Å². The number of methoxy groups -OCH3 is 1. The summed E-state index contributed by atoms with van der Waals surface area (Å²) in [5.74, 6) is -4.68. The number of nitrogens with zero attached hydrogens (tertiary/aromatic N) is 6. The largest absolute Gasteiger partial charge is 0.456 e. The molecule has 17 heteroatoms. The smallest absolute Gasteiger partial charge is 0.425 e. The molecule has 0 bridgehead atoms. The van der Waals surface area contributed by atoms with Crippen molar-refractivity contribution in [3.05, 3.63) is 24.7 Å². The number of aryl methyl sites for hydroxylation is 1. The second kappa shape index (κ2) is 17.7. The number of cyclic esters (lactones) is 1. The number of nitrogens with two attached hydrogens (primary N) is 1. The Kier molecular flexibility index (Phi) is 14.0. The van der Waals surface area contributed by atoms with Crippen LogP contribution in [0, 0.1) is 17.8 Å². The van der Waals surface area contributed by atoms with E-state index in [1.807, 2.05) is 68.4 Å². The number of hydrogen-bond acceptors (Lipinski definition) is 14. The third-order valence-electron chi connectivity index (χ3n) is 13.1. The van der Waals surface area contributed by atoms with Gasteiger partial charge in [0, 0.05) is 50.9 Å². The minimum atomic E-state index is -3.15. The van der Waals surface area contributed by atoms with Gasteiger partial charge in [-0.1, -0.05) is 27.7 Å². The second-order valence-corrected chi connectivity index (χ2v) is 17.5. The number of aliphatic hydroxyl groups excluding tert-OH is 1. The minimum absolute atomic E-state index is 0.207. The summed E-state index contributed by atoms with van der Waals surface area (Å²) in [6.07, 6.45) is -0.917. The number of carbonyl (C=O) groups excluding carboxylic acids is 3. The van der Waals surface area contributed by atoms with E-state index in [9.17, 15) is 19.5 Å². The number of aliphatic hydroxyl groups is 1. The van der Waals surface area contributed by atoms with E-state index in [0.29, 0.717) is 32.5 Å². The van der Waals surface area contributed by atoms with Gasteiger partial charge in [-0.25, -0.2) is 34.0 Å². The van der Waals surface area contributed by atoms with Crippen molar-refractivity contribution in [1.82, 2.24) is 29.5 Å². The number of esters is 1. The van der Waals surface area contributed by atoms with Gasteiger partial charge in [-0.05, 0) is 91.9 Å². The Morgan fingerprint density at radius 1 is 1.10 bits per heavy atom. The van der Waals surface area contributed by atoms with Crippen molar-refractivity contribution < 1.29 is 47.6 Å². The molecule has 2 aromatic rings. The van der Waals surface area contributed by atoms with Gasteiger partial charge in [-0.15, -0.1) is 0 Å². The molecule has 3 saturated heterocycles. The molecule has 326 valence electrons. The van der Waals surface area contributed by atoms with Gasteiger partial charge in [0.2, 0.25) is 0 Å². The van der Waals surface area contributed by atoms with Crippen LogP contribution in [0.15, 0.2) is 24.7 Å². The van der Waals surface area contributed by atoms with E-state index in [4.69, 9.17) is 29.4 Å². The van der Waals surface area contributed by atoms with Gasteiger partial charge in [0.1, 0.15) is 17.7 Å². The highest BCUT2D eigenvalue weighted by Gasteiger charge is 2.62. The number of carbonyl (C=O) groups is 3. The number of hydrazine groups is 1. The molecule has 1 amide bonds. The van der Waals surface area contributed by atoms with E-state index >= 15 is 4.39 Å². The van der Waals surface area contributed by atoms with Crippen LogP contribution in [0.2, 0.25) is 0 Å². The number of rotatable bonds is 10. The third kappa shape index (κ3) is 8.63. The summed E-state index contributed by atoms with van der Waals surface area (Å²) in [5, 5.41) is 14.9. The molecule has 0 radical (unpaired) electrons. The van der Waals surface area contributed by atoms with Gasteiger partial charge < -0.3 is 44.0 Å². The highest BCUT2D eigenvalue weighted by atomic mass is 19.1. The number of ether oxygens (including phenoxy) is 5. The molecule has 0 aliphatic carbocycles. The number of halogens is 1. The lowest BCUT2D eigenvalue weighted by Crippen LogP contribution is -2.64. The van der Waals surface area contributed by atoms with E-state index in [2.05, 4.69) is 9.97 Å². The normalized spacial score (nSPS) is 39.5. The van der Waals surface area contributed by atoms with E-state index in [1.54, 1.807) is 31.4 Å². The number of Topliss-reactive ketones (excluding diaryl/α,β-unsaturated/α-hetero) is 1. The highest BCUT2D eigenvalue weighted by molar-refractivity contribution is 6.07. The Bertz CT molecular complexity index is 1760. The topological polar surface area (TPSA) is 184 Å². The van der Waals surface area contributed by atoms with E-state index in [-0.39, 0.29) is 24.5 Å². The van der Waals surface area contributed by atoms with Crippen LogP contribution in [0.25, 0.3) is 11.2 Å². The highest BCUT2D eigenvalue weighted by Crippen LogP contribution is 2.44. The van der Waals surface area contributed by atoms with Crippen LogP contribution < -0.4 is 5.73 Å². The Balaban J connectivity index is 1.51. The maximum absolute atomic E-state index is 16.9. The van der Waals surface area contributed by atoms with Gasteiger partial charge in [-0.3, -0.25) is 4.79 Å². The van der Waals surface area contributed by atoms with Crippen LogP contribution in [0.3, 0.4) is 0 Å². The number of amides is 1. The third-order valence-corrected chi connectivity index (χ3v) is 13.1. The zero-order valence-electron chi connectivity index (χ0n) is 36.3. The molecule has 3 aliphatic rings. The summed E-state index contributed by atoms with van der Waals surface area (Å²) in [6.45, 7) is 16.4. The van der Waals surface area contributed by atoms with Gasteiger partial charge >= 0.3 is 12.1 Å². The van der Waals surface area contributed by atoms with E-state index in [0.717, 1.165) is 18.1 Å². The maximum Gasteiger partial charge on any atom is 0.425 e. The predicted molar refractivity (Wildman–Crippen MR) is 213 cm³/mol. The first-order chi connectivity index (χ1) is 27.1. The van der Waals surface area contributed by atoms with Crippen LogP contribution in [0.1, 0.15) is 81.6 Å². The molecule has 5 rings (SSSR count). The Labute approximate surface area is 341 Å². The number of alkyl halides is 1. The summed E-state index contributed by atoms with van der Waals surface area (Å²) in [4.78, 5) is 53.0. The summed E-state index contributed by atoms with van der Waals surface area (Å²) < 4.78 is 49.7. The molecule has 16 nitrogen and oxygen atoms in total. The lowest BCUT2D eigenvalue weighted by molar-refractivity contribution is -0.296. The summed E-state index contributed by atoms with van der Waals surface area (Å²) in [5.41, 5.74) is 2.75. The zero-order valence-corrected chi connectivity index (χ0v) is 36.3. The van der Waals surface area contributed by atoms with Crippen LogP contribution in [-0.4, -0.2) is 152 Å². The molecule has 2 unspecified atom stereocenters. The Morgan fingerprint density at radius 2 is 1.79 bits per heavy atom. The quantitative estimate of drug-likeness (QED) is 0.261. The first-order valence-corrected chi connectivity index (χ1v) is 20.6. The molecule has 0 spiro atoms. The molecule has 14 atom stereocenters. The molecule has 3 aliphatic heterocycles. The van der Waals surface area contributed by atoms with Gasteiger partial charge in [0.25, 0.3) is 5.67 Å². The zero-order chi connectivity index (χ0) is 43.1. The summed E-state index contributed by atoms with van der Waals surface area (Å²) >= 11 is 0. The molecule has 3 N–H and O–H groups in total. The molecule has 58 heavy (non-hydrogen) atoms. The van der Waals surface area contributed by atoms with Crippen molar-refractivity contribution in [3.8, 4) is 0 Å². The number of imidazole rings is 1. The molecular formula is C41H66FN7O9. The molecular weight excluding hydrogens is 753 g/mol. The average Bonchev–Trinajstić information content (AvgIpc) is 3.71. The SMILES string of the molecule is CCN(CCCn1cnc2cccnc21)N1C(=O)O[C@]2(C)[C@H](C)OC(=O)C(C)(F)C(=O)[C@H](C)[C@@H](O[C@@H]3O[C@H](C)C[C@H](N(C)C)[C@H]3O)[C@@](C)(OC)C[C@@H](C)C(N)[C@@H](C)[C@@H]12. The number of ketones is 1. The number of fused-ring (bicyclic) bond motifs is 2. The Hall–Kier alpha value is -3.32. The second-order valence-electron chi connectivity index (χ2n) is 17.5. The number of hydrogen-bond donors (Lipinski definition) is 2. The number of likely N-dealkylation sites (N-methyl/N-ethyl adjacent to an activating group) is 1. The fourth-order valence-corrected chi connectivity index (χ4v) is 9.38. The van der Waals surface area contributed by atoms with Crippen LogP contribution in [-0.2, 0) is 39.8 Å². The fraction of sp³-hybridized carbons (Fsp3) is 0.780. The van der Waals surface area contributed by atoms with Crippen LogP contribution in [0.4, 0.5) is 9.18 Å². The van der Waals surface area contributed by atoms with Gasteiger partial charge in [0.05, 0.1) is 30.2 Å². The number of pyridine rings is 1. The van der Waals surface area contributed by atoms with Crippen molar-refractivity contribution in [1.29, 1.82) is 0 Å². The molecule has 0 aromatic carbocycles. The van der Waals surface area contributed by atoms with Crippen molar-refractivity contribution in [2.45, 2.75) is 154 Å². The van der Waals surface area contributed by atoms with Gasteiger partial charge in [-0.2, -0.15) is 0 Å². The predicted octanol–water partition coefficient (Wildman–Crippen LogP) is 3.72. The monoisotopic (exact) mass is 819 g/mol. The minimum Gasteiger partial charge on any atom is -0.456 e. The average molecular weight is 820 g/mol. The van der Waals surface area contributed by atoms with Crippen molar-refractivity contribution in [2.24, 2.45) is 23.5 Å². The molecule has 5 heterocycles. The van der Waals surface area contributed by atoms with Crippen molar-refractivity contribution in [3.63, 3.8) is 0 Å². The first kappa shape index (κ1) is 45.8. The summed E-state index contributed by atoms with van der Waals surface area (Å²) in [7, 11) is 5.16. The first-order valence-electron chi connectivity index (χ1n) is 20.6. The molecule has 0 saturated carbocycles.